The monoisotopic (exact) mass is 252 g/mol. The number of nitrogens with one attached hydrogen (secondary N) is 1. The van der Waals surface area contributed by atoms with Crippen molar-refractivity contribution in [3.8, 4) is 0 Å². The van der Waals surface area contributed by atoms with E-state index in [9.17, 15) is 4.79 Å². The first-order chi connectivity index (χ1) is 8.36. The van der Waals surface area contributed by atoms with E-state index >= 15 is 0 Å². The molecule has 0 aromatic carbocycles. The molecule has 2 aliphatic carbocycles. The van der Waals surface area contributed by atoms with Crippen LogP contribution in [-0.4, -0.2) is 18.0 Å². The van der Waals surface area contributed by atoms with Gasteiger partial charge >= 0.3 is 0 Å². The lowest BCUT2D eigenvalue weighted by atomic mass is 9.72. The van der Waals surface area contributed by atoms with Gasteiger partial charge in [0, 0.05) is 12.1 Å². The molecule has 1 amide bonds. The Balaban J connectivity index is 2.02. The molecule has 0 aromatic heterocycles. The summed E-state index contributed by atoms with van der Waals surface area (Å²) in [6.07, 6.45) is 7.85. The van der Waals surface area contributed by atoms with Gasteiger partial charge in [0.1, 0.15) is 0 Å². The standard InChI is InChI=1S/C15H28N2O/c1-14(2)9-5-4-8-12(14)17-13(18)15(3)10-6-7-11(15)16/h11-12H,4-10,16H2,1-3H3,(H,17,18). The minimum absolute atomic E-state index is 0.0317. The summed E-state index contributed by atoms with van der Waals surface area (Å²) < 4.78 is 0. The van der Waals surface area contributed by atoms with E-state index in [1.807, 2.05) is 6.92 Å². The van der Waals surface area contributed by atoms with Gasteiger partial charge in [-0.25, -0.2) is 0 Å². The first-order valence-corrected chi connectivity index (χ1v) is 7.43. The summed E-state index contributed by atoms with van der Waals surface area (Å²) in [5.74, 6) is 0.187. The SMILES string of the molecule is CC1(C)CCCCC1NC(=O)C1(C)CCCC1N. The Morgan fingerprint density at radius 2 is 1.83 bits per heavy atom. The summed E-state index contributed by atoms with van der Waals surface area (Å²) in [6, 6.07) is 0.354. The van der Waals surface area contributed by atoms with Gasteiger partial charge in [0.2, 0.25) is 5.91 Å². The quantitative estimate of drug-likeness (QED) is 0.793. The molecular formula is C15H28N2O. The van der Waals surface area contributed by atoms with Crippen molar-refractivity contribution in [2.45, 2.75) is 77.8 Å². The number of nitrogens with two attached hydrogens (primary N) is 1. The molecule has 2 aliphatic rings. The Morgan fingerprint density at radius 1 is 1.11 bits per heavy atom. The van der Waals surface area contributed by atoms with Gasteiger partial charge in [0.25, 0.3) is 0 Å². The molecule has 0 heterocycles. The van der Waals surface area contributed by atoms with E-state index in [0.29, 0.717) is 6.04 Å². The number of carbonyl (C=O) groups is 1. The van der Waals surface area contributed by atoms with Gasteiger partial charge in [-0.3, -0.25) is 4.79 Å². The number of amides is 1. The molecule has 18 heavy (non-hydrogen) atoms. The Kier molecular flexibility index (Phi) is 3.72. The van der Waals surface area contributed by atoms with Crippen LogP contribution in [0.2, 0.25) is 0 Å². The summed E-state index contributed by atoms with van der Waals surface area (Å²) in [5, 5.41) is 3.30. The summed E-state index contributed by atoms with van der Waals surface area (Å²) >= 11 is 0. The predicted molar refractivity (Wildman–Crippen MR) is 74.1 cm³/mol. The zero-order valence-corrected chi connectivity index (χ0v) is 12.1. The normalized spacial score (nSPS) is 39.6. The molecule has 104 valence electrons. The molecular weight excluding hydrogens is 224 g/mol. The molecule has 2 saturated carbocycles. The van der Waals surface area contributed by atoms with Crippen LogP contribution in [0.5, 0.6) is 0 Å². The van der Waals surface area contributed by atoms with Crippen molar-refractivity contribution in [1.29, 1.82) is 0 Å². The van der Waals surface area contributed by atoms with Crippen LogP contribution in [0.15, 0.2) is 0 Å². The van der Waals surface area contributed by atoms with Gasteiger partial charge in [0.05, 0.1) is 5.41 Å². The second-order valence-corrected chi connectivity index (χ2v) is 7.18. The lowest BCUT2D eigenvalue weighted by Gasteiger charge is -2.41. The van der Waals surface area contributed by atoms with Crippen LogP contribution in [0.4, 0.5) is 0 Å². The highest BCUT2D eigenvalue weighted by Crippen LogP contribution is 2.39. The van der Waals surface area contributed by atoms with Gasteiger partial charge in [-0.15, -0.1) is 0 Å². The van der Waals surface area contributed by atoms with Crippen LogP contribution in [0.3, 0.4) is 0 Å². The number of hydrogen-bond donors (Lipinski definition) is 2. The third-order valence-electron chi connectivity index (χ3n) is 5.36. The maximum atomic E-state index is 12.5. The maximum absolute atomic E-state index is 12.5. The van der Waals surface area contributed by atoms with Crippen LogP contribution in [-0.2, 0) is 4.79 Å². The van der Waals surface area contributed by atoms with Crippen LogP contribution in [0.1, 0.15) is 65.7 Å². The van der Waals surface area contributed by atoms with Gasteiger partial charge < -0.3 is 11.1 Å². The minimum Gasteiger partial charge on any atom is -0.352 e. The van der Waals surface area contributed by atoms with Crippen molar-refractivity contribution in [3.05, 3.63) is 0 Å². The summed E-state index contributed by atoms with van der Waals surface area (Å²) in [4.78, 5) is 12.5. The van der Waals surface area contributed by atoms with Crippen molar-refractivity contribution in [2.24, 2.45) is 16.6 Å². The van der Waals surface area contributed by atoms with Gasteiger partial charge in [0.15, 0.2) is 0 Å². The number of hydrogen-bond acceptors (Lipinski definition) is 2. The fraction of sp³-hybridized carbons (Fsp3) is 0.933. The molecule has 0 bridgehead atoms. The van der Waals surface area contributed by atoms with Crippen LogP contribution < -0.4 is 11.1 Å². The van der Waals surface area contributed by atoms with Gasteiger partial charge in [-0.1, -0.05) is 33.1 Å². The second kappa shape index (κ2) is 4.84. The summed E-state index contributed by atoms with van der Waals surface area (Å²) in [6.45, 7) is 6.58. The van der Waals surface area contributed by atoms with Crippen molar-refractivity contribution in [3.63, 3.8) is 0 Å². The van der Waals surface area contributed by atoms with Crippen LogP contribution in [0, 0.1) is 10.8 Å². The van der Waals surface area contributed by atoms with E-state index in [-0.39, 0.29) is 22.8 Å². The van der Waals surface area contributed by atoms with E-state index in [1.165, 1.54) is 19.3 Å². The van der Waals surface area contributed by atoms with Crippen molar-refractivity contribution < 1.29 is 4.79 Å². The molecule has 3 nitrogen and oxygen atoms in total. The third-order valence-corrected chi connectivity index (χ3v) is 5.36. The zero-order chi connectivity index (χ0) is 13.4. The minimum atomic E-state index is -0.340. The fourth-order valence-electron chi connectivity index (χ4n) is 3.56. The average molecular weight is 252 g/mol. The first-order valence-electron chi connectivity index (χ1n) is 7.43. The molecule has 0 aliphatic heterocycles. The molecule has 3 atom stereocenters. The average Bonchev–Trinajstić information content (AvgIpc) is 2.63. The lowest BCUT2D eigenvalue weighted by molar-refractivity contribution is -0.132. The highest BCUT2D eigenvalue weighted by molar-refractivity contribution is 5.83. The predicted octanol–water partition coefficient (Wildman–Crippen LogP) is 2.59. The molecule has 0 radical (unpaired) electrons. The lowest BCUT2D eigenvalue weighted by Crippen LogP contribution is -2.54. The Morgan fingerprint density at radius 3 is 2.39 bits per heavy atom. The van der Waals surface area contributed by atoms with Crippen molar-refractivity contribution in [2.75, 3.05) is 0 Å². The van der Waals surface area contributed by atoms with Crippen LogP contribution >= 0.6 is 0 Å². The summed E-state index contributed by atoms with van der Waals surface area (Å²) in [5.41, 5.74) is 6.02. The molecule has 3 N–H and O–H groups in total. The van der Waals surface area contributed by atoms with Gasteiger partial charge in [-0.05, 0) is 38.0 Å². The number of rotatable bonds is 2. The smallest absolute Gasteiger partial charge is 0.227 e. The molecule has 2 fully saturated rings. The number of carbonyl (C=O) groups excluding carboxylic acids is 1. The Labute approximate surface area is 111 Å². The van der Waals surface area contributed by atoms with E-state index in [4.69, 9.17) is 5.73 Å². The Hall–Kier alpha value is -0.570. The highest BCUT2D eigenvalue weighted by Gasteiger charge is 2.45. The molecule has 0 saturated heterocycles. The largest absolute Gasteiger partial charge is 0.352 e. The maximum Gasteiger partial charge on any atom is 0.227 e. The third kappa shape index (κ3) is 2.42. The van der Waals surface area contributed by atoms with Crippen molar-refractivity contribution >= 4 is 5.91 Å². The first kappa shape index (κ1) is 13.9. The highest BCUT2D eigenvalue weighted by atomic mass is 16.2. The second-order valence-electron chi connectivity index (χ2n) is 7.18. The molecule has 0 spiro atoms. The molecule has 0 aromatic rings. The van der Waals surface area contributed by atoms with Gasteiger partial charge in [-0.2, -0.15) is 0 Å². The summed E-state index contributed by atoms with van der Waals surface area (Å²) in [7, 11) is 0. The molecule has 2 rings (SSSR count). The van der Waals surface area contributed by atoms with E-state index in [2.05, 4.69) is 19.2 Å². The molecule has 3 unspecified atom stereocenters. The zero-order valence-electron chi connectivity index (χ0n) is 12.1. The van der Waals surface area contributed by atoms with Crippen LogP contribution in [0.25, 0.3) is 0 Å². The van der Waals surface area contributed by atoms with Crippen molar-refractivity contribution in [1.82, 2.24) is 5.32 Å². The van der Waals surface area contributed by atoms with E-state index in [0.717, 1.165) is 25.7 Å². The molecule has 3 heteroatoms. The van der Waals surface area contributed by atoms with E-state index < -0.39 is 0 Å². The fourth-order valence-corrected chi connectivity index (χ4v) is 3.56. The van der Waals surface area contributed by atoms with E-state index in [1.54, 1.807) is 0 Å². The topological polar surface area (TPSA) is 55.1 Å². The Bertz CT molecular complexity index is 326.